The number of nitrogens with one attached hydrogen (secondary N) is 1. The molecule has 0 bridgehead atoms. The Kier molecular flexibility index (Phi) is 3.23. The van der Waals surface area contributed by atoms with E-state index in [-0.39, 0.29) is 0 Å². The average molecular weight is 251 g/mol. The molecule has 0 spiro atoms. The minimum absolute atomic E-state index is 0.445. The molecule has 0 fully saturated rings. The molecule has 3 rings (SSSR count). The van der Waals surface area contributed by atoms with Crippen LogP contribution in [0.5, 0.6) is 5.75 Å². The molecule has 0 unspecified atom stereocenters. The molecule has 0 amide bonds. The number of para-hydroxylation sites is 1. The fourth-order valence-electron chi connectivity index (χ4n) is 1.87. The van der Waals surface area contributed by atoms with Gasteiger partial charge in [0.05, 0.1) is 12.0 Å². The van der Waals surface area contributed by atoms with Crippen LogP contribution in [-0.4, -0.2) is 15.0 Å². The topological polar surface area (TPSA) is 50.8 Å². The zero-order chi connectivity index (χ0) is 12.9. The molecule has 4 nitrogen and oxygen atoms in total. The molecule has 0 aliphatic heterocycles. The van der Waals surface area contributed by atoms with E-state index in [1.165, 1.54) is 0 Å². The number of H-pyrrole nitrogens is 1. The molecule has 2 aromatic heterocycles. The summed E-state index contributed by atoms with van der Waals surface area (Å²) >= 11 is 0. The van der Waals surface area contributed by atoms with E-state index in [1.54, 1.807) is 12.5 Å². The van der Waals surface area contributed by atoms with Crippen LogP contribution in [0, 0.1) is 0 Å². The summed E-state index contributed by atoms with van der Waals surface area (Å²) < 4.78 is 5.83. The number of nitrogens with zero attached hydrogens (tertiary/aromatic N) is 2. The lowest BCUT2D eigenvalue weighted by molar-refractivity contribution is 0.303. The Morgan fingerprint density at radius 1 is 1.11 bits per heavy atom. The normalized spacial score (nSPS) is 10.3. The predicted octanol–water partition coefficient (Wildman–Crippen LogP) is 3.05. The van der Waals surface area contributed by atoms with E-state index < -0.39 is 0 Å². The van der Waals surface area contributed by atoms with Crippen LogP contribution in [0.2, 0.25) is 0 Å². The van der Waals surface area contributed by atoms with Gasteiger partial charge in [0.2, 0.25) is 0 Å². The maximum absolute atomic E-state index is 5.83. The van der Waals surface area contributed by atoms with Crippen molar-refractivity contribution >= 4 is 0 Å². The Balaban J connectivity index is 1.85. The lowest BCUT2D eigenvalue weighted by Crippen LogP contribution is -1.97. The van der Waals surface area contributed by atoms with Crippen molar-refractivity contribution in [2.45, 2.75) is 6.61 Å². The molecular formula is C15H13N3O. The first-order chi connectivity index (χ1) is 9.43. The third-order valence-electron chi connectivity index (χ3n) is 2.79. The van der Waals surface area contributed by atoms with Gasteiger partial charge in [-0.05, 0) is 12.1 Å². The summed E-state index contributed by atoms with van der Waals surface area (Å²) in [4.78, 5) is 11.2. The Hall–Kier alpha value is -2.62. The second kappa shape index (κ2) is 5.35. The Labute approximate surface area is 111 Å². The van der Waals surface area contributed by atoms with E-state index in [0.717, 1.165) is 22.6 Å². The quantitative estimate of drug-likeness (QED) is 0.775. The van der Waals surface area contributed by atoms with Gasteiger partial charge in [0.25, 0.3) is 0 Å². The van der Waals surface area contributed by atoms with Crippen LogP contribution >= 0.6 is 0 Å². The summed E-state index contributed by atoms with van der Waals surface area (Å²) in [6, 6.07) is 11.9. The lowest BCUT2D eigenvalue weighted by Gasteiger charge is -2.10. The molecule has 2 heterocycles. The van der Waals surface area contributed by atoms with Crippen molar-refractivity contribution in [2.24, 2.45) is 0 Å². The van der Waals surface area contributed by atoms with Gasteiger partial charge in [-0.25, -0.2) is 4.98 Å². The second-order valence-corrected chi connectivity index (χ2v) is 4.09. The Morgan fingerprint density at radius 2 is 2.05 bits per heavy atom. The number of ether oxygens (including phenoxy) is 1. The molecule has 1 N–H and O–H groups in total. The number of pyridine rings is 1. The molecule has 1 aromatic carbocycles. The van der Waals surface area contributed by atoms with Gasteiger partial charge in [-0.1, -0.05) is 24.3 Å². The third-order valence-corrected chi connectivity index (χ3v) is 2.79. The number of rotatable bonds is 4. The van der Waals surface area contributed by atoms with E-state index in [4.69, 9.17) is 4.74 Å². The molecule has 4 heteroatoms. The van der Waals surface area contributed by atoms with Crippen LogP contribution in [0.1, 0.15) is 5.69 Å². The van der Waals surface area contributed by atoms with E-state index in [9.17, 15) is 0 Å². The highest BCUT2D eigenvalue weighted by Crippen LogP contribution is 2.29. The standard InChI is InChI=1S/C15H13N3O/c1-2-6-15(19-10-13-9-17-11-18-13)14(5-1)12-4-3-7-16-8-12/h1-9,11H,10H2,(H,17,18). The van der Waals surface area contributed by atoms with Crippen LogP contribution in [0.25, 0.3) is 11.1 Å². The van der Waals surface area contributed by atoms with E-state index >= 15 is 0 Å². The van der Waals surface area contributed by atoms with Gasteiger partial charge in [-0.15, -0.1) is 0 Å². The molecule has 94 valence electrons. The zero-order valence-electron chi connectivity index (χ0n) is 10.3. The number of hydrogen-bond donors (Lipinski definition) is 1. The summed E-state index contributed by atoms with van der Waals surface area (Å²) in [5.74, 6) is 0.832. The van der Waals surface area contributed by atoms with Gasteiger partial charge in [-0.3, -0.25) is 4.98 Å². The summed E-state index contributed by atoms with van der Waals surface area (Å²) in [5.41, 5.74) is 2.95. The summed E-state index contributed by atoms with van der Waals surface area (Å²) in [7, 11) is 0. The highest BCUT2D eigenvalue weighted by molar-refractivity contribution is 5.69. The summed E-state index contributed by atoms with van der Waals surface area (Å²) in [6.45, 7) is 0.445. The van der Waals surface area contributed by atoms with Crippen LogP contribution in [0.15, 0.2) is 61.3 Å². The average Bonchev–Trinajstić information content (AvgIpc) is 3.00. The minimum atomic E-state index is 0.445. The zero-order valence-corrected chi connectivity index (χ0v) is 10.3. The third kappa shape index (κ3) is 2.63. The van der Waals surface area contributed by atoms with Gasteiger partial charge >= 0.3 is 0 Å². The van der Waals surface area contributed by atoms with Gasteiger partial charge in [0, 0.05) is 29.7 Å². The molecule has 3 aromatic rings. The molecule has 0 aliphatic carbocycles. The van der Waals surface area contributed by atoms with E-state index in [1.807, 2.05) is 48.8 Å². The van der Waals surface area contributed by atoms with Crippen LogP contribution < -0.4 is 4.74 Å². The van der Waals surface area contributed by atoms with Crippen molar-refractivity contribution in [3.05, 3.63) is 67.0 Å². The van der Waals surface area contributed by atoms with Crippen molar-refractivity contribution in [1.82, 2.24) is 15.0 Å². The number of imidazole rings is 1. The van der Waals surface area contributed by atoms with Crippen molar-refractivity contribution in [3.63, 3.8) is 0 Å². The summed E-state index contributed by atoms with van der Waals surface area (Å²) in [5, 5.41) is 0. The molecule has 0 saturated carbocycles. The van der Waals surface area contributed by atoms with Crippen molar-refractivity contribution in [3.8, 4) is 16.9 Å². The van der Waals surface area contributed by atoms with Crippen molar-refractivity contribution < 1.29 is 4.74 Å². The van der Waals surface area contributed by atoms with Crippen molar-refractivity contribution in [2.75, 3.05) is 0 Å². The number of aromatic amines is 1. The molecule has 19 heavy (non-hydrogen) atoms. The Bertz CT molecular complexity index is 636. The maximum atomic E-state index is 5.83. The fraction of sp³-hybridized carbons (Fsp3) is 0.0667. The smallest absolute Gasteiger partial charge is 0.132 e. The predicted molar refractivity (Wildman–Crippen MR) is 72.6 cm³/mol. The number of aromatic nitrogens is 3. The molecule has 0 radical (unpaired) electrons. The van der Waals surface area contributed by atoms with Gasteiger partial charge in [-0.2, -0.15) is 0 Å². The number of benzene rings is 1. The second-order valence-electron chi connectivity index (χ2n) is 4.09. The lowest BCUT2D eigenvalue weighted by atomic mass is 10.1. The molecule has 0 aliphatic rings. The van der Waals surface area contributed by atoms with E-state index in [2.05, 4.69) is 15.0 Å². The largest absolute Gasteiger partial charge is 0.487 e. The first-order valence-corrected chi connectivity index (χ1v) is 6.03. The van der Waals surface area contributed by atoms with Crippen LogP contribution in [-0.2, 0) is 6.61 Å². The first kappa shape index (κ1) is 11.5. The molecular weight excluding hydrogens is 238 g/mol. The fourth-order valence-corrected chi connectivity index (χ4v) is 1.87. The van der Waals surface area contributed by atoms with E-state index in [0.29, 0.717) is 6.61 Å². The Morgan fingerprint density at radius 3 is 2.84 bits per heavy atom. The van der Waals surface area contributed by atoms with Gasteiger partial charge < -0.3 is 9.72 Å². The summed E-state index contributed by atoms with van der Waals surface area (Å²) in [6.07, 6.45) is 7.06. The molecule has 0 atom stereocenters. The van der Waals surface area contributed by atoms with Crippen molar-refractivity contribution in [1.29, 1.82) is 0 Å². The number of hydrogen-bond acceptors (Lipinski definition) is 3. The first-order valence-electron chi connectivity index (χ1n) is 6.03. The highest BCUT2D eigenvalue weighted by atomic mass is 16.5. The maximum Gasteiger partial charge on any atom is 0.132 e. The highest BCUT2D eigenvalue weighted by Gasteiger charge is 2.06. The van der Waals surface area contributed by atoms with Gasteiger partial charge in [0.1, 0.15) is 12.4 Å². The molecule has 0 saturated heterocycles. The van der Waals surface area contributed by atoms with Crippen LogP contribution in [0.3, 0.4) is 0 Å². The minimum Gasteiger partial charge on any atom is -0.487 e. The van der Waals surface area contributed by atoms with Gasteiger partial charge in [0.15, 0.2) is 0 Å². The monoisotopic (exact) mass is 251 g/mol. The SMILES string of the molecule is c1cncc(-c2ccccc2OCc2c[nH]cn2)c1. The van der Waals surface area contributed by atoms with Crippen LogP contribution in [0.4, 0.5) is 0 Å².